The zero-order chi connectivity index (χ0) is 13.9. The first-order valence-electron chi connectivity index (χ1n) is 4.95. The van der Waals surface area contributed by atoms with Gasteiger partial charge in [0.15, 0.2) is 0 Å². The first-order chi connectivity index (χ1) is 8.21. The Hall–Kier alpha value is -2.05. The molecular weight excluding hydrogens is 249 g/mol. The summed E-state index contributed by atoms with van der Waals surface area (Å²) in [6.07, 6.45) is -4.65. The summed E-state index contributed by atoms with van der Waals surface area (Å²) in [5, 5.41) is 13.0. The third kappa shape index (κ3) is 3.47. The summed E-state index contributed by atoms with van der Waals surface area (Å²) < 4.78 is 38.2. The predicted molar refractivity (Wildman–Crippen MR) is 61.4 cm³/mol. The average molecular weight is 260 g/mol. The number of nitrogens with one attached hydrogen (secondary N) is 1. The Labute approximate surface area is 101 Å². The van der Waals surface area contributed by atoms with Gasteiger partial charge in [0, 0.05) is 24.4 Å². The molecule has 0 radical (unpaired) electrons. The number of benzene rings is 1. The molecule has 0 amide bonds. The maximum absolute atomic E-state index is 12.7. The van der Waals surface area contributed by atoms with Crippen molar-refractivity contribution in [3.8, 4) is 0 Å². The van der Waals surface area contributed by atoms with Crippen LogP contribution in [-0.4, -0.2) is 11.5 Å². The van der Waals surface area contributed by atoms with Gasteiger partial charge in [0.05, 0.1) is 10.5 Å². The summed E-state index contributed by atoms with van der Waals surface area (Å²) in [7, 11) is 0. The maximum Gasteiger partial charge on any atom is 0.418 e. The van der Waals surface area contributed by atoms with Crippen LogP contribution in [0.1, 0.15) is 12.5 Å². The monoisotopic (exact) mass is 260 g/mol. The third-order valence-corrected chi connectivity index (χ3v) is 2.10. The van der Waals surface area contributed by atoms with Crippen LogP contribution in [-0.2, 0) is 6.18 Å². The highest BCUT2D eigenvalue weighted by Crippen LogP contribution is 2.37. The molecule has 0 fully saturated rings. The molecule has 0 bridgehead atoms. The fraction of sp³-hybridized carbons (Fsp3) is 0.273. The second-order valence-electron chi connectivity index (χ2n) is 3.80. The fourth-order valence-corrected chi connectivity index (χ4v) is 1.28. The van der Waals surface area contributed by atoms with E-state index < -0.39 is 22.4 Å². The van der Waals surface area contributed by atoms with Crippen LogP contribution in [0, 0.1) is 10.1 Å². The van der Waals surface area contributed by atoms with E-state index >= 15 is 0 Å². The van der Waals surface area contributed by atoms with Gasteiger partial charge in [-0.15, -0.1) is 0 Å². The van der Waals surface area contributed by atoms with E-state index in [0.717, 1.165) is 12.1 Å². The zero-order valence-electron chi connectivity index (χ0n) is 9.54. The number of non-ortho nitro benzene ring substituents is 1. The minimum absolute atomic E-state index is 0.168. The van der Waals surface area contributed by atoms with Crippen molar-refractivity contribution in [1.82, 2.24) is 0 Å². The summed E-state index contributed by atoms with van der Waals surface area (Å²) >= 11 is 0. The van der Waals surface area contributed by atoms with Crippen LogP contribution in [0.15, 0.2) is 30.4 Å². The molecule has 0 spiro atoms. The Kier molecular flexibility index (Phi) is 3.95. The number of anilines is 1. The average Bonchev–Trinajstić information content (AvgIpc) is 2.24. The summed E-state index contributed by atoms with van der Waals surface area (Å²) in [6.45, 7) is 5.38. The molecule has 0 aromatic heterocycles. The number of hydrogen-bond donors (Lipinski definition) is 1. The van der Waals surface area contributed by atoms with E-state index in [-0.39, 0.29) is 12.2 Å². The van der Waals surface area contributed by atoms with E-state index in [1.807, 2.05) is 0 Å². The van der Waals surface area contributed by atoms with Crippen LogP contribution < -0.4 is 5.32 Å². The van der Waals surface area contributed by atoms with Gasteiger partial charge in [-0.2, -0.15) is 13.2 Å². The van der Waals surface area contributed by atoms with Crippen molar-refractivity contribution in [3.05, 3.63) is 46.0 Å². The SMILES string of the molecule is C=C(C)CNc1ccc([N+](=O)[O-])cc1C(F)(F)F. The van der Waals surface area contributed by atoms with Crippen LogP contribution in [0.5, 0.6) is 0 Å². The van der Waals surface area contributed by atoms with Gasteiger partial charge in [0.2, 0.25) is 0 Å². The second kappa shape index (κ2) is 5.07. The van der Waals surface area contributed by atoms with Crippen LogP contribution in [0.25, 0.3) is 0 Å². The number of nitrogens with zero attached hydrogens (tertiary/aromatic N) is 1. The van der Waals surface area contributed by atoms with Crippen molar-refractivity contribution in [2.45, 2.75) is 13.1 Å². The van der Waals surface area contributed by atoms with E-state index in [0.29, 0.717) is 11.6 Å². The van der Waals surface area contributed by atoms with Gasteiger partial charge in [0.1, 0.15) is 0 Å². The minimum Gasteiger partial charge on any atom is -0.381 e. The first-order valence-corrected chi connectivity index (χ1v) is 4.95. The summed E-state index contributed by atoms with van der Waals surface area (Å²) in [5.74, 6) is 0. The molecule has 0 heterocycles. The highest BCUT2D eigenvalue weighted by Gasteiger charge is 2.35. The van der Waals surface area contributed by atoms with Crippen molar-refractivity contribution < 1.29 is 18.1 Å². The molecule has 1 N–H and O–H groups in total. The number of halogens is 3. The van der Waals surface area contributed by atoms with E-state index in [9.17, 15) is 23.3 Å². The van der Waals surface area contributed by atoms with Gasteiger partial charge in [-0.05, 0) is 13.0 Å². The summed E-state index contributed by atoms with van der Waals surface area (Å²) in [5.41, 5.74) is -1.20. The Balaban J connectivity index is 3.17. The molecule has 0 aliphatic heterocycles. The molecule has 0 unspecified atom stereocenters. The molecule has 18 heavy (non-hydrogen) atoms. The van der Waals surface area contributed by atoms with Crippen molar-refractivity contribution in [1.29, 1.82) is 0 Å². The Morgan fingerprint density at radius 1 is 1.50 bits per heavy atom. The van der Waals surface area contributed by atoms with Crippen LogP contribution in [0.4, 0.5) is 24.5 Å². The first kappa shape index (κ1) is 14.0. The van der Waals surface area contributed by atoms with Gasteiger partial charge in [-0.25, -0.2) is 0 Å². The van der Waals surface area contributed by atoms with Crippen molar-refractivity contribution in [2.24, 2.45) is 0 Å². The van der Waals surface area contributed by atoms with Crippen LogP contribution in [0.3, 0.4) is 0 Å². The minimum atomic E-state index is -4.65. The van der Waals surface area contributed by atoms with Gasteiger partial charge in [-0.1, -0.05) is 12.2 Å². The van der Waals surface area contributed by atoms with Crippen molar-refractivity contribution >= 4 is 11.4 Å². The quantitative estimate of drug-likeness (QED) is 0.511. The van der Waals surface area contributed by atoms with Crippen molar-refractivity contribution in [3.63, 3.8) is 0 Å². The largest absolute Gasteiger partial charge is 0.418 e. The Morgan fingerprint density at radius 2 is 2.11 bits per heavy atom. The third-order valence-electron chi connectivity index (χ3n) is 2.10. The fourth-order valence-electron chi connectivity index (χ4n) is 1.28. The molecule has 0 saturated heterocycles. The molecule has 0 saturated carbocycles. The highest BCUT2D eigenvalue weighted by molar-refractivity contribution is 5.57. The molecule has 0 aliphatic rings. The lowest BCUT2D eigenvalue weighted by atomic mass is 10.1. The maximum atomic E-state index is 12.7. The van der Waals surface area contributed by atoms with E-state index in [2.05, 4.69) is 11.9 Å². The Bertz CT molecular complexity index is 484. The van der Waals surface area contributed by atoms with Crippen LogP contribution >= 0.6 is 0 Å². The number of rotatable bonds is 4. The summed E-state index contributed by atoms with van der Waals surface area (Å²) in [6, 6.07) is 2.58. The summed E-state index contributed by atoms with van der Waals surface area (Å²) in [4.78, 5) is 9.60. The second-order valence-corrected chi connectivity index (χ2v) is 3.80. The predicted octanol–water partition coefficient (Wildman–Crippen LogP) is 3.60. The van der Waals surface area contributed by atoms with Crippen molar-refractivity contribution in [2.75, 3.05) is 11.9 Å². The molecule has 0 atom stereocenters. The standard InChI is InChI=1S/C11H11F3N2O2/c1-7(2)6-15-10-4-3-8(16(17)18)5-9(10)11(12,13)14/h3-5,15H,1,6H2,2H3. The Morgan fingerprint density at radius 3 is 2.56 bits per heavy atom. The number of hydrogen-bond acceptors (Lipinski definition) is 3. The van der Waals surface area contributed by atoms with E-state index in [4.69, 9.17) is 0 Å². The topological polar surface area (TPSA) is 55.2 Å². The molecule has 1 aromatic carbocycles. The van der Waals surface area contributed by atoms with Gasteiger partial charge in [-0.3, -0.25) is 10.1 Å². The zero-order valence-corrected chi connectivity index (χ0v) is 9.54. The van der Waals surface area contributed by atoms with Gasteiger partial charge >= 0.3 is 6.18 Å². The molecule has 1 aromatic rings. The number of nitro groups is 1. The van der Waals surface area contributed by atoms with Gasteiger partial charge in [0.25, 0.3) is 5.69 Å². The molecule has 4 nitrogen and oxygen atoms in total. The molecule has 7 heteroatoms. The lowest BCUT2D eigenvalue weighted by Crippen LogP contribution is -2.12. The number of alkyl halides is 3. The lowest BCUT2D eigenvalue weighted by molar-refractivity contribution is -0.385. The normalized spacial score (nSPS) is 11.1. The van der Waals surface area contributed by atoms with E-state index in [1.54, 1.807) is 6.92 Å². The van der Waals surface area contributed by atoms with Crippen LogP contribution in [0.2, 0.25) is 0 Å². The lowest BCUT2D eigenvalue weighted by Gasteiger charge is -2.14. The molecule has 98 valence electrons. The van der Waals surface area contributed by atoms with Gasteiger partial charge < -0.3 is 5.32 Å². The molecule has 0 aliphatic carbocycles. The van der Waals surface area contributed by atoms with E-state index in [1.165, 1.54) is 0 Å². The highest BCUT2D eigenvalue weighted by atomic mass is 19.4. The molecular formula is C11H11F3N2O2. The number of nitro benzene ring substituents is 1. The smallest absolute Gasteiger partial charge is 0.381 e. The molecule has 1 rings (SSSR count).